The molecular formula is C12H20N2. The van der Waals surface area contributed by atoms with E-state index >= 15 is 0 Å². The number of pyridine rings is 1. The lowest BCUT2D eigenvalue weighted by Crippen LogP contribution is -2.16. The summed E-state index contributed by atoms with van der Waals surface area (Å²) in [6, 6.07) is 4.73. The third-order valence-corrected chi connectivity index (χ3v) is 2.66. The highest BCUT2D eigenvalue weighted by atomic mass is 15.1. The number of hydrogen-bond acceptors (Lipinski definition) is 2. The average molecular weight is 192 g/mol. The Hall–Kier alpha value is -0.890. The fourth-order valence-corrected chi connectivity index (χ4v) is 1.30. The molecule has 0 saturated carbocycles. The van der Waals surface area contributed by atoms with E-state index in [4.69, 9.17) is 0 Å². The molecule has 1 aromatic heterocycles. The molecule has 0 N–H and O–H groups in total. The monoisotopic (exact) mass is 192 g/mol. The summed E-state index contributed by atoms with van der Waals surface area (Å²) in [5.74, 6) is 0.513. The van der Waals surface area contributed by atoms with E-state index in [-0.39, 0.29) is 0 Å². The van der Waals surface area contributed by atoms with Crippen molar-refractivity contribution >= 4 is 0 Å². The van der Waals surface area contributed by atoms with Gasteiger partial charge in [0.15, 0.2) is 0 Å². The molecule has 2 heteroatoms. The van der Waals surface area contributed by atoms with Crippen LogP contribution in [-0.2, 0) is 0 Å². The van der Waals surface area contributed by atoms with Crippen molar-refractivity contribution in [3.8, 4) is 0 Å². The molecule has 0 spiro atoms. The molecule has 0 aromatic carbocycles. The molecule has 0 amide bonds. The van der Waals surface area contributed by atoms with Crippen molar-refractivity contribution in [1.29, 1.82) is 0 Å². The predicted molar refractivity (Wildman–Crippen MR) is 60.4 cm³/mol. The summed E-state index contributed by atoms with van der Waals surface area (Å²) in [5, 5.41) is 0. The second kappa shape index (κ2) is 4.56. The van der Waals surface area contributed by atoms with Gasteiger partial charge in [-0.1, -0.05) is 19.9 Å². The van der Waals surface area contributed by atoms with E-state index in [1.54, 1.807) is 0 Å². The van der Waals surface area contributed by atoms with Gasteiger partial charge < -0.3 is 4.90 Å². The molecule has 0 aliphatic carbocycles. The van der Waals surface area contributed by atoms with Crippen LogP contribution >= 0.6 is 0 Å². The molecule has 1 rings (SSSR count). The van der Waals surface area contributed by atoms with Crippen LogP contribution in [0.5, 0.6) is 0 Å². The maximum atomic E-state index is 4.46. The summed E-state index contributed by atoms with van der Waals surface area (Å²) in [6.45, 7) is 6.51. The summed E-state index contributed by atoms with van der Waals surface area (Å²) >= 11 is 0. The van der Waals surface area contributed by atoms with Crippen LogP contribution in [0.4, 0.5) is 0 Å². The molecule has 1 aromatic rings. The molecule has 0 unspecified atom stereocenters. The van der Waals surface area contributed by atoms with Gasteiger partial charge >= 0.3 is 0 Å². The van der Waals surface area contributed by atoms with E-state index in [0.29, 0.717) is 12.0 Å². The van der Waals surface area contributed by atoms with Crippen molar-refractivity contribution in [1.82, 2.24) is 9.88 Å². The van der Waals surface area contributed by atoms with Crippen LogP contribution in [0.15, 0.2) is 18.3 Å². The Labute approximate surface area is 87.0 Å². The lowest BCUT2D eigenvalue weighted by molar-refractivity contribution is 0.320. The lowest BCUT2D eigenvalue weighted by atomic mass is 10.1. The number of rotatable bonds is 3. The molecule has 0 radical (unpaired) electrons. The summed E-state index contributed by atoms with van der Waals surface area (Å²) < 4.78 is 0. The van der Waals surface area contributed by atoms with E-state index in [9.17, 15) is 0 Å². The zero-order chi connectivity index (χ0) is 10.7. The van der Waals surface area contributed by atoms with E-state index in [1.807, 2.05) is 6.20 Å². The third-order valence-electron chi connectivity index (χ3n) is 2.66. The average Bonchev–Trinajstić information content (AvgIpc) is 2.16. The summed E-state index contributed by atoms with van der Waals surface area (Å²) in [6.07, 6.45) is 1.99. The number of nitrogens with zero attached hydrogens (tertiary/aromatic N) is 2. The SMILES string of the molecule is CC(C)c1ccc([C@H](C)N(C)C)cn1. The predicted octanol–water partition coefficient (Wildman–Crippen LogP) is 2.83. The molecule has 14 heavy (non-hydrogen) atoms. The molecule has 0 saturated heterocycles. The van der Waals surface area contributed by atoms with E-state index in [2.05, 4.69) is 56.9 Å². The van der Waals surface area contributed by atoms with Crippen LogP contribution in [0.25, 0.3) is 0 Å². The first-order chi connectivity index (χ1) is 6.52. The second-order valence-electron chi connectivity index (χ2n) is 4.31. The standard InChI is InChI=1S/C12H20N2/c1-9(2)12-7-6-11(8-13-12)10(3)14(4)5/h6-10H,1-5H3/t10-/m0/s1. The summed E-state index contributed by atoms with van der Waals surface area (Å²) in [7, 11) is 4.17. The zero-order valence-electron chi connectivity index (χ0n) is 9.78. The Kier molecular flexibility index (Phi) is 3.64. The summed E-state index contributed by atoms with van der Waals surface area (Å²) in [5.41, 5.74) is 2.44. The van der Waals surface area contributed by atoms with Gasteiger partial charge in [0.05, 0.1) is 0 Å². The first-order valence-electron chi connectivity index (χ1n) is 5.14. The Bertz CT molecular complexity index is 275. The van der Waals surface area contributed by atoms with Crippen LogP contribution in [0.1, 0.15) is 44.0 Å². The van der Waals surface area contributed by atoms with Gasteiger partial charge in [-0.25, -0.2) is 0 Å². The maximum Gasteiger partial charge on any atom is 0.0429 e. The van der Waals surface area contributed by atoms with Crippen molar-refractivity contribution < 1.29 is 0 Å². The van der Waals surface area contributed by atoms with Crippen molar-refractivity contribution in [3.63, 3.8) is 0 Å². The van der Waals surface area contributed by atoms with Gasteiger partial charge in [0.2, 0.25) is 0 Å². The first kappa shape index (κ1) is 11.2. The van der Waals surface area contributed by atoms with Crippen molar-refractivity contribution in [2.45, 2.75) is 32.7 Å². The smallest absolute Gasteiger partial charge is 0.0429 e. The minimum absolute atomic E-state index is 0.434. The van der Waals surface area contributed by atoms with E-state index < -0.39 is 0 Å². The molecule has 0 aliphatic rings. The van der Waals surface area contributed by atoms with Crippen molar-refractivity contribution in [3.05, 3.63) is 29.6 Å². The first-order valence-corrected chi connectivity index (χ1v) is 5.14. The van der Waals surface area contributed by atoms with Crippen molar-refractivity contribution in [2.75, 3.05) is 14.1 Å². The van der Waals surface area contributed by atoms with Gasteiger partial charge in [-0.05, 0) is 38.6 Å². The molecule has 0 bridgehead atoms. The molecule has 2 nitrogen and oxygen atoms in total. The van der Waals surface area contributed by atoms with Crippen molar-refractivity contribution in [2.24, 2.45) is 0 Å². The van der Waals surface area contributed by atoms with Gasteiger partial charge in [0, 0.05) is 17.9 Å². The second-order valence-corrected chi connectivity index (χ2v) is 4.31. The highest BCUT2D eigenvalue weighted by molar-refractivity contribution is 5.18. The Morgan fingerprint density at radius 3 is 2.14 bits per heavy atom. The van der Waals surface area contributed by atoms with Gasteiger partial charge in [-0.15, -0.1) is 0 Å². The molecule has 78 valence electrons. The van der Waals surface area contributed by atoms with Crippen LogP contribution in [0.3, 0.4) is 0 Å². The fourth-order valence-electron chi connectivity index (χ4n) is 1.30. The largest absolute Gasteiger partial charge is 0.303 e. The van der Waals surface area contributed by atoms with Gasteiger partial charge in [0.25, 0.3) is 0 Å². The number of hydrogen-bond donors (Lipinski definition) is 0. The lowest BCUT2D eigenvalue weighted by Gasteiger charge is -2.20. The quantitative estimate of drug-likeness (QED) is 0.732. The van der Waals surface area contributed by atoms with Gasteiger partial charge in [-0.2, -0.15) is 0 Å². The van der Waals surface area contributed by atoms with Crippen LogP contribution in [0, 0.1) is 0 Å². The van der Waals surface area contributed by atoms with Gasteiger partial charge in [-0.3, -0.25) is 4.98 Å². The topological polar surface area (TPSA) is 16.1 Å². The van der Waals surface area contributed by atoms with Crippen LogP contribution < -0.4 is 0 Å². The van der Waals surface area contributed by atoms with Crippen LogP contribution in [0.2, 0.25) is 0 Å². The Morgan fingerprint density at radius 1 is 1.14 bits per heavy atom. The maximum absolute atomic E-state index is 4.46. The Morgan fingerprint density at radius 2 is 1.79 bits per heavy atom. The molecule has 0 aliphatic heterocycles. The molecule has 0 fully saturated rings. The normalized spacial score (nSPS) is 13.6. The minimum atomic E-state index is 0.434. The highest BCUT2D eigenvalue weighted by Crippen LogP contribution is 2.18. The van der Waals surface area contributed by atoms with E-state index in [0.717, 1.165) is 0 Å². The van der Waals surface area contributed by atoms with Gasteiger partial charge in [0.1, 0.15) is 0 Å². The Balaban J connectivity index is 2.83. The van der Waals surface area contributed by atoms with E-state index in [1.165, 1.54) is 11.3 Å². The third kappa shape index (κ3) is 2.55. The van der Waals surface area contributed by atoms with Crippen LogP contribution in [-0.4, -0.2) is 24.0 Å². The molecule has 1 heterocycles. The zero-order valence-corrected chi connectivity index (χ0v) is 9.78. The fraction of sp³-hybridized carbons (Fsp3) is 0.583. The molecule has 1 atom stereocenters. The minimum Gasteiger partial charge on any atom is -0.303 e. The summed E-state index contributed by atoms with van der Waals surface area (Å²) in [4.78, 5) is 6.64. The molecular weight excluding hydrogens is 172 g/mol. The number of aromatic nitrogens is 1. The highest BCUT2D eigenvalue weighted by Gasteiger charge is 2.08.